The molecule has 0 atom stereocenters. The van der Waals surface area contributed by atoms with Crippen LogP contribution in [0.3, 0.4) is 0 Å². The Labute approximate surface area is 293 Å². The van der Waals surface area contributed by atoms with Gasteiger partial charge in [-0.15, -0.1) is 0 Å². The number of aryl methyl sites for hydroxylation is 1. The van der Waals surface area contributed by atoms with Gasteiger partial charge in [-0.25, -0.2) is 4.79 Å². The zero-order valence-corrected chi connectivity index (χ0v) is 29.8. The molecule has 5 rings (SSSR count). The topological polar surface area (TPSA) is 66.0 Å². The molecule has 49 heavy (non-hydrogen) atoms. The molecule has 0 fully saturated rings. The quantitative estimate of drug-likeness (QED) is 0.0534. The molecule has 0 saturated heterocycles. The molecule has 1 aliphatic carbocycles. The van der Waals surface area contributed by atoms with Gasteiger partial charge in [0.25, 0.3) is 0 Å². The molecular formula is C45H52N2O2. The van der Waals surface area contributed by atoms with E-state index in [1.54, 1.807) is 11.6 Å². The van der Waals surface area contributed by atoms with Crippen LogP contribution in [0.25, 0.3) is 28.2 Å². The SMILES string of the molecule is CCCCCCn1c2c(c3cc(C#Cc4ccc(/C=C(\C#N)C(=O)O)cc4)ccc31)C(CCCCCC)(CCCCCC)c1ccccc1-2. The van der Waals surface area contributed by atoms with Gasteiger partial charge in [-0.05, 0) is 72.4 Å². The van der Waals surface area contributed by atoms with Crippen LogP contribution in [0.5, 0.6) is 0 Å². The van der Waals surface area contributed by atoms with E-state index in [4.69, 9.17) is 5.26 Å². The highest BCUT2D eigenvalue weighted by atomic mass is 16.4. The first-order valence-corrected chi connectivity index (χ1v) is 18.7. The Kier molecular flexibility index (Phi) is 12.6. The van der Waals surface area contributed by atoms with Crippen molar-refractivity contribution in [2.75, 3.05) is 0 Å². The van der Waals surface area contributed by atoms with Gasteiger partial charge in [-0.2, -0.15) is 5.26 Å². The van der Waals surface area contributed by atoms with Crippen LogP contribution in [0.4, 0.5) is 0 Å². The van der Waals surface area contributed by atoms with Crippen molar-refractivity contribution in [2.24, 2.45) is 0 Å². The van der Waals surface area contributed by atoms with Gasteiger partial charge < -0.3 is 9.67 Å². The van der Waals surface area contributed by atoms with E-state index in [0.29, 0.717) is 5.56 Å². The second-order valence-corrected chi connectivity index (χ2v) is 13.8. The van der Waals surface area contributed by atoms with E-state index < -0.39 is 5.97 Å². The molecule has 0 amide bonds. The summed E-state index contributed by atoms with van der Waals surface area (Å²) in [6.07, 6.45) is 18.8. The normalized spacial score (nSPS) is 13.1. The minimum atomic E-state index is -1.22. The molecular weight excluding hydrogens is 601 g/mol. The number of carbonyl (C=O) groups is 1. The van der Waals surface area contributed by atoms with E-state index in [0.717, 1.165) is 17.7 Å². The van der Waals surface area contributed by atoms with Crippen LogP contribution in [-0.2, 0) is 16.8 Å². The minimum Gasteiger partial charge on any atom is -0.477 e. The summed E-state index contributed by atoms with van der Waals surface area (Å²) in [4.78, 5) is 11.3. The number of aromatic nitrogens is 1. The summed E-state index contributed by atoms with van der Waals surface area (Å²) in [6.45, 7) is 7.91. The first kappa shape index (κ1) is 35.8. The Morgan fingerprint density at radius 3 is 2.02 bits per heavy atom. The molecule has 3 aromatic carbocycles. The van der Waals surface area contributed by atoms with Gasteiger partial charge in [-0.3, -0.25) is 0 Å². The van der Waals surface area contributed by atoms with Gasteiger partial charge in [-0.1, -0.05) is 140 Å². The average Bonchev–Trinajstić information content (AvgIpc) is 3.59. The smallest absolute Gasteiger partial charge is 0.346 e. The molecule has 4 aromatic rings. The van der Waals surface area contributed by atoms with Crippen molar-refractivity contribution in [3.05, 3.63) is 100 Å². The van der Waals surface area contributed by atoms with Crippen molar-refractivity contribution in [2.45, 2.75) is 123 Å². The lowest BCUT2D eigenvalue weighted by Crippen LogP contribution is -2.25. The molecule has 1 heterocycles. The van der Waals surface area contributed by atoms with E-state index in [9.17, 15) is 9.90 Å². The van der Waals surface area contributed by atoms with Crippen LogP contribution >= 0.6 is 0 Å². The molecule has 1 N–H and O–H groups in total. The molecule has 0 unspecified atom stereocenters. The van der Waals surface area contributed by atoms with Crippen molar-refractivity contribution >= 4 is 22.9 Å². The molecule has 4 heteroatoms. The van der Waals surface area contributed by atoms with Crippen molar-refractivity contribution < 1.29 is 9.90 Å². The number of rotatable bonds is 17. The number of nitrogens with zero attached hydrogens (tertiary/aromatic N) is 2. The first-order chi connectivity index (χ1) is 24.0. The van der Waals surface area contributed by atoms with Crippen LogP contribution in [0.2, 0.25) is 0 Å². The van der Waals surface area contributed by atoms with Crippen LogP contribution in [0.15, 0.2) is 72.3 Å². The van der Waals surface area contributed by atoms with Crippen LogP contribution in [-0.4, -0.2) is 15.6 Å². The number of benzene rings is 3. The highest BCUT2D eigenvalue weighted by Crippen LogP contribution is 2.57. The van der Waals surface area contributed by atoms with E-state index in [1.807, 2.05) is 24.3 Å². The Balaban J connectivity index is 1.61. The molecule has 0 spiro atoms. The Morgan fingerprint density at radius 2 is 1.39 bits per heavy atom. The Morgan fingerprint density at radius 1 is 0.776 bits per heavy atom. The Bertz CT molecular complexity index is 1860. The van der Waals surface area contributed by atoms with Crippen LogP contribution in [0.1, 0.15) is 138 Å². The maximum atomic E-state index is 11.3. The van der Waals surface area contributed by atoms with Crippen LogP contribution < -0.4 is 0 Å². The standard InChI is InChI=1S/C45H52N2O2/c1-4-7-10-15-28-45(29-16-11-8-5-2)40-19-14-13-18-38(40)43-42(45)39-32-36(26-27-41(39)47(43)30-17-12-9-6-3)25-22-34-20-23-35(24-21-34)31-37(33-46)44(48)49/h13-14,18-21,23-24,26-27,31-32H,4-12,15-17,28-30H2,1-3H3,(H,48,49)/b37-31+. The minimum absolute atomic E-state index is 0.00790. The van der Waals surface area contributed by atoms with Gasteiger partial charge in [0.05, 0.1) is 5.69 Å². The molecule has 1 aromatic heterocycles. The van der Waals surface area contributed by atoms with E-state index in [2.05, 4.69) is 79.6 Å². The third-order valence-corrected chi connectivity index (χ3v) is 10.3. The molecule has 4 nitrogen and oxygen atoms in total. The number of hydrogen-bond donors (Lipinski definition) is 1. The Hall–Kier alpha value is -4.54. The van der Waals surface area contributed by atoms with Gasteiger partial charge in [0, 0.05) is 39.6 Å². The maximum Gasteiger partial charge on any atom is 0.346 e. The number of nitriles is 1. The lowest BCUT2D eigenvalue weighted by molar-refractivity contribution is -0.132. The predicted octanol–water partition coefficient (Wildman–Crippen LogP) is 11.8. The molecule has 1 aliphatic rings. The van der Waals surface area contributed by atoms with Gasteiger partial charge >= 0.3 is 5.97 Å². The summed E-state index contributed by atoms with van der Waals surface area (Å²) < 4.78 is 2.65. The second-order valence-electron chi connectivity index (χ2n) is 13.8. The fraction of sp³-hybridized carbons (Fsp3) is 0.422. The lowest BCUT2D eigenvalue weighted by atomic mass is 9.70. The van der Waals surface area contributed by atoms with Gasteiger partial charge in [0.1, 0.15) is 11.6 Å². The van der Waals surface area contributed by atoms with Crippen molar-refractivity contribution in [1.82, 2.24) is 4.57 Å². The number of unbranched alkanes of at least 4 members (excludes halogenated alkanes) is 9. The van der Waals surface area contributed by atoms with E-state index in [-0.39, 0.29) is 11.0 Å². The summed E-state index contributed by atoms with van der Waals surface area (Å²) in [5.74, 6) is 5.57. The van der Waals surface area contributed by atoms with Crippen LogP contribution in [0, 0.1) is 23.2 Å². The van der Waals surface area contributed by atoms with Crippen molar-refractivity contribution in [3.63, 3.8) is 0 Å². The zero-order valence-electron chi connectivity index (χ0n) is 29.8. The third kappa shape index (κ3) is 8.03. The fourth-order valence-electron chi connectivity index (χ4n) is 7.83. The number of hydrogen-bond acceptors (Lipinski definition) is 2. The first-order valence-electron chi connectivity index (χ1n) is 18.7. The van der Waals surface area contributed by atoms with Crippen molar-refractivity contribution in [3.8, 4) is 29.2 Å². The second kappa shape index (κ2) is 17.2. The lowest BCUT2D eigenvalue weighted by Gasteiger charge is -2.32. The summed E-state index contributed by atoms with van der Waals surface area (Å²) in [6, 6.07) is 25.2. The summed E-state index contributed by atoms with van der Waals surface area (Å²) >= 11 is 0. The molecule has 0 radical (unpaired) electrons. The predicted molar refractivity (Wildman–Crippen MR) is 203 cm³/mol. The third-order valence-electron chi connectivity index (χ3n) is 10.3. The van der Waals surface area contributed by atoms with E-state index >= 15 is 0 Å². The summed E-state index contributed by atoms with van der Waals surface area (Å²) in [5, 5.41) is 19.7. The number of fused-ring (bicyclic) bond motifs is 5. The number of aliphatic carboxylic acids is 1. The molecule has 0 aliphatic heterocycles. The summed E-state index contributed by atoms with van der Waals surface area (Å²) in [7, 11) is 0. The maximum absolute atomic E-state index is 11.3. The van der Waals surface area contributed by atoms with Gasteiger partial charge in [0.15, 0.2) is 0 Å². The largest absolute Gasteiger partial charge is 0.477 e. The highest BCUT2D eigenvalue weighted by molar-refractivity contribution is 5.99. The molecule has 0 bridgehead atoms. The number of carboxylic acid groups (broad SMARTS) is 1. The average molecular weight is 653 g/mol. The molecule has 254 valence electrons. The van der Waals surface area contributed by atoms with E-state index in [1.165, 1.54) is 124 Å². The molecule has 0 saturated carbocycles. The highest BCUT2D eigenvalue weighted by Gasteiger charge is 2.45. The fourth-order valence-corrected chi connectivity index (χ4v) is 7.83. The number of carboxylic acids is 1. The van der Waals surface area contributed by atoms with Gasteiger partial charge in [0.2, 0.25) is 0 Å². The van der Waals surface area contributed by atoms with Crippen molar-refractivity contribution in [1.29, 1.82) is 5.26 Å². The summed E-state index contributed by atoms with van der Waals surface area (Å²) in [5.41, 5.74) is 9.51. The zero-order chi connectivity index (χ0) is 34.6. The monoisotopic (exact) mass is 652 g/mol.